The molecule has 0 aliphatic heterocycles. The number of hydrogen-bond donors (Lipinski definition) is 2. The first-order chi connectivity index (χ1) is 9.56. The van der Waals surface area contributed by atoms with Crippen molar-refractivity contribution in [2.75, 3.05) is 5.73 Å². The molecule has 2 rings (SSSR count). The predicted molar refractivity (Wildman–Crippen MR) is 82.0 cm³/mol. The molecule has 0 spiro atoms. The van der Waals surface area contributed by atoms with E-state index in [1.807, 2.05) is 12.1 Å². The summed E-state index contributed by atoms with van der Waals surface area (Å²) in [6.45, 7) is 1.80. The van der Waals surface area contributed by atoms with Gasteiger partial charge in [0.05, 0.1) is 5.71 Å². The second-order valence-electron chi connectivity index (χ2n) is 4.27. The first-order valence-corrected chi connectivity index (χ1v) is 6.40. The first kappa shape index (κ1) is 14.1. The van der Waals surface area contributed by atoms with Crippen LogP contribution in [0.15, 0.2) is 53.6 Å². The van der Waals surface area contributed by atoms with Crippen molar-refractivity contribution in [2.45, 2.75) is 6.92 Å². The largest absolute Gasteiger partial charge is 0.399 e. The van der Waals surface area contributed by atoms with Gasteiger partial charge in [-0.15, -0.1) is 0 Å². The lowest BCUT2D eigenvalue weighted by atomic mass is 10.1. The second-order valence-corrected chi connectivity index (χ2v) is 4.71. The van der Waals surface area contributed by atoms with Gasteiger partial charge in [0, 0.05) is 16.3 Å². The number of carbonyl (C=O) groups is 1. The third kappa shape index (κ3) is 3.59. The van der Waals surface area contributed by atoms with E-state index in [4.69, 9.17) is 17.3 Å². The van der Waals surface area contributed by atoms with Gasteiger partial charge in [0.25, 0.3) is 5.91 Å². The Labute approximate surface area is 122 Å². The fourth-order valence-electron chi connectivity index (χ4n) is 1.66. The molecule has 3 N–H and O–H groups in total. The Bertz CT molecular complexity index is 668. The number of benzene rings is 2. The van der Waals surface area contributed by atoms with Crippen molar-refractivity contribution >= 4 is 28.9 Å². The molecule has 0 saturated carbocycles. The molecule has 2 aromatic carbocycles. The van der Waals surface area contributed by atoms with Crippen molar-refractivity contribution in [1.82, 2.24) is 5.43 Å². The maximum atomic E-state index is 11.9. The Morgan fingerprint density at radius 1 is 1.15 bits per heavy atom. The van der Waals surface area contributed by atoms with Gasteiger partial charge in [-0.05, 0) is 42.8 Å². The zero-order chi connectivity index (χ0) is 14.5. The molecule has 0 fully saturated rings. The van der Waals surface area contributed by atoms with Crippen molar-refractivity contribution in [3.05, 3.63) is 64.7 Å². The van der Waals surface area contributed by atoms with Gasteiger partial charge in [-0.3, -0.25) is 4.79 Å². The lowest BCUT2D eigenvalue weighted by molar-refractivity contribution is 0.0955. The number of anilines is 1. The highest BCUT2D eigenvalue weighted by Crippen LogP contribution is 2.11. The molecule has 0 aliphatic carbocycles. The summed E-state index contributed by atoms with van der Waals surface area (Å²) in [4.78, 5) is 11.9. The van der Waals surface area contributed by atoms with Crippen LogP contribution in [0.2, 0.25) is 5.02 Å². The van der Waals surface area contributed by atoms with Gasteiger partial charge >= 0.3 is 0 Å². The van der Waals surface area contributed by atoms with Crippen LogP contribution in [0, 0.1) is 0 Å². The number of amides is 1. The van der Waals surface area contributed by atoms with Crippen LogP contribution in [0.5, 0.6) is 0 Å². The van der Waals surface area contributed by atoms with E-state index in [0.29, 0.717) is 22.0 Å². The SMILES string of the molecule is C/C(=N\NC(=O)c1cccc(Cl)c1)c1cccc(N)c1. The van der Waals surface area contributed by atoms with E-state index in [1.165, 1.54) is 0 Å². The van der Waals surface area contributed by atoms with Gasteiger partial charge in [-0.1, -0.05) is 29.8 Å². The molecule has 4 nitrogen and oxygen atoms in total. The Balaban J connectivity index is 2.11. The van der Waals surface area contributed by atoms with Crippen LogP contribution in [-0.2, 0) is 0 Å². The maximum Gasteiger partial charge on any atom is 0.271 e. The van der Waals surface area contributed by atoms with Gasteiger partial charge in [0.15, 0.2) is 0 Å². The van der Waals surface area contributed by atoms with Crippen LogP contribution in [0.4, 0.5) is 5.69 Å². The average Bonchev–Trinajstić information content (AvgIpc) is 2.44. The molecule has 0 heterocycles. The zero-order valence-corrected chi connectivity index (χ0v) is 11.7. The molecule has 0 saturated heterocycles. The number of hydrazone groups is 1. The fraction of sp³-hybridized carbons (Fsp3) is 0.0667. The second kappa shape index (κ2) is 6.21. The highest BCUT2D eigenvalue weighted by atomic mass is 35.5. The third-order valence-corrected chi connectivity index (χ3v) is 2.95. The molecule has 102 valence electrons. The molecule has 0 aromatic heterocycles. The number of halogens is 1. The molecule has 20 heavy (non-hydrogen) atoms. The van der Waals surface area contributed by atoms with E-state index in [1.54, 1.807) is 43.3 Å². The number of nitrogens with one attached hydrogen (secondary N) is 1. The third-order valence-electron chi connectivity index (χ3n) is 2.72. The average molecular weight is 288 g/mol. The molecule has 1 amide bonds. The molecule has 0 bridgehead atoms. The lowest BCUT2D eigenvalue weighted by Gasteiger charge is -2.04. The van der Waals surface area contributed by atoms with E-state index < -0.39 is 0 Å². The first-order valence-electron chi connectivity index (χ1n) is 6.02. The summed E-state index contributed by atoms with van der Waals surface area (Å²) in [6.07, 6.45) is 0. The molecular formula is C15H14ClN3O. The summed E-state index contributed by atoms with van der Waals surface area (Å²) in [5.74, 6) is -0.309. The van der Waals surface area contributed by atoms with Gasteiger partial charge < -0.3 is 5.73 Å². The van der Waals surface area contributed by atoms with Crippen molar-refractivity contribution < 1.29 is 4.79 Å². The summed E-state index contributed by atoms with van der Waals surface area (Å²) < 4.78 is 0. The Morgan fingerprint density at radius 2 is 1.85 bits per heavy atom. The van der Waals surface area contributed by atoms with E-state index in [-0.39, 0.29) is 5.91 Å². The van der Waals surface area contributed by atoms with E-state index >= 15 is 0 Å². The number of nitrogen functional groups attached to an aromatic ring is 1. The van der Waals surface area contributed by atoms with E-state index in [9.17, 15) is 4.79 Å². The van der Waals surface area contributed by atoms with Gasteiger partial charge in [0.2, 0.25) is 0 Å². The molecule has 0 unspecified atom stereocenters. The summed E-state index contributed by atoms with van der Waals surface area (Å²) in [5.41, 5.74) is 10.8. The molecule has 0 atom stereocenters. The standard InChI is InChI=1S/C15H14ClN3O/c1-10(11-4-3-7-14(17)9-11)18-19-15(20)12-5-2-6-13(16)8-12/h2-9H,17H2,1H3,(H,19,20)/b18-10+. The monoisotopic (exact) mass is 287 g/mol. The van der Waals surface area contributed by atoms with E-state index in [2.05, 4.69) is 10.5 Å². The Kier molecular flexibility index (Phi) is 4.38. The van der Waals surface area contributed by atoms with Crippen LogP contribution >= 0.6 is 11.6 Å². The number of rotatable bonds is 3. The van der Waals surface area contributed by atoms with Crippen LogP contribution in [0.25, 0.3) is 0 Å². The summed E-state index contributed by atoms with van der Waals surface area (Å²) in [6, 6.07) is 14.0. The molecule has 0 aliphatic rings. The van der Waals surface area contributed by atoms with Gasteiger partial charge in [0.1, 0.15) is 0 Å². The number of nitrogens with two attached hydrogens (primary N) is 1. The molecule has 5 heteroatoms. The highest BCUT2D eigenvalue weighted by molar-refractivity contribution is 6.30. The lowest BCUT2D eigenvalue weighted by Crippen LogP contribution is -2.19. The normalized spacial score (nSPS) is 11.2. The number of hydrogen-bond acceptors (Lipinski definition) is 3. The summed E-state index contributed by atoms with van der Waals surface area (Å²) >= 11 is 5.84. The topological polar surface area (TPSA) is 67.5 Å². The zero-order valence-electron chi connectivity index (χ0n) is 10.9. The minimum Gasteiger partial charge on any atom is -0.399 e. The number of carbonyl (C=O) groups excluding carboxylic acids is 1. The number of nitrogens with zero attached hydrogens (tertiary/aromatic N) is 1. The molecule has 0 radical (unpaired) electrons. The van der Waals surface area contributed by atoms with E-state index in [0.717, 1.165) is 5.56 Å². The summed E-state index contributed by atoms with van der Waals surface area (Å²) in [7, 11) is 0. The van der Waals surface area contributed by atoms with Crippen LogP contribution in [0.3, 0.4) is 0 Å². The van der Waals surface area contributed by atoms with Crippen LogP contribution in [-0.4, -0.2) is 11.6 Å². The minimum absolute atomic E-state index is 0.309. The highest BCUT2D eigenvalue weighted by Gasteiger charge is 2.05. The van der Waals surface area contributed by atoms with Crippen LogP contribution < -0.4 is 11.2 Å². The predicted octanol–water partition coefficient (Wildman–Crippen LogP) is 3.08. The van der Waals surface area contributed by atoms with Crippen LogP contribution in [0.1, 0.15) is 22.8 Å². The van der Waals surface area contributed by atoms with Crippen molar-refractivity contribution in [3.8, 4) is 0 Å². The summed E-state index contributed by atoms with van der Waals surface area (Å²) in [5, 5.41) is 4.57. The molecular weight excluding hydrogens is 274 g/mol. The quantitative estimate of drug-likeness (QED) is 0.517. The molecule has 2 aromatic rings. The van der Waals surface area contributed by atoms with Crippen molar-refractivity contribution in [1.29, 1.82) is 0 Å². The van der Waals surface area contributed by atoms with Gasteiger partial charge in [-0.2, -0.15) is 5.10 Å². The Hall–Kier alpha value is -2.33. The fourth-order valence-corrected chi connectivity index (χ4v) is 1.85. The minimum atomic E-state index is -0.309. The Morgan fingerprint density at radius 3 is 2.55 bits per heavy atom. The van der Waals surface area contributed by atoms with Crippen molar-refractivity contribution in [2.24, 2.45) is 5.10 Å². The smallest absolute Gasteiger partial charge is 0.271 e. The maximum absolute atomic E-state index is 11.9. The van der Waals surface area contributed by atoms with Crippen molar-refractivity contribution in [3.63, 3.8) is 0 Å². The van der Waals surface area contributed by atoms with Gasteiger partial charge in [-0.25, -0.2) is 5.43 Å².